The number of unbranched alkanes of at least 4 members (excludes halogenated alkanes) is 1. The molecule has 0 aromatic heterocycles. The molecule has 0 saturated heterocycles. The molecule has 0 unspecified atom stereocenters. The van der Waals surface area contributed by atoms with Crippen molar-refractivity contribution < 1.29 is 57.8 Å². The number of carbonyl (C=O) groups excluding carboxylic acids is 2. The molecule has 0 heterocycles. The van der Waals surface area contributed by atoms with Crippen molar-refractivity contribution in [3.8, 4) is 0 Å². The van der Waals surface area contributed by atoms with E-state index in [1.165, 1.54) is 0 Å². The minimum atomic E-state index is -1.13. The van der Waals surface area contributed by atoms with Gasteiger partial charge in [0.15, 0.2) is 0 Å². The van der Waals surface area contributed by atoms with Gasteiger partial charge in [0.25, 0.3) is 0 Å². The Morgan fingerprint density at radius 3 is 1.64 bits per heavy atom. The molecule has 0 aliphatic rings. The van der Waals surface area contributed by atoms with Crippen molar-refractivity contribution in [2.24, 2.45) is 0 Å². The van der Waals surface area contributed by atoms with Crippen LogP contribution in [0.4, 0.5) is 0 Å². The van der Waals surface area contributed by atoms with E-state index >= 15 is 0 Å². The van der Waals surface area contributed by atoms with Gasteiger partial charge in [-0.2, -0.15) is 0 Å². The molecule has 13 nitrogen and oxygen atoms in total. The van der Waals surface area contributed by atoms with Gasteiger partial charge in [0, 0.05) is 19.4 Å². The first kappa shape index (κ1) is 30.7. The molecule has 0 radical (unpaired) electrons. The third-order valence-electron chi connectivity index (χ3n) is 3.66. The Bertz CT molecular complexity index is 543. The lowest BCUT2D eigenvalue weighted by Gasteiger charge is -2.08. The van der Waals surface area contributed by atoms with E-state index in [1.54, 1.807) is 0 Å². The van der Waals surface area contributed by atoms with Crippen molar-refractivity contribution in [2.75, 3.05) is 79.2 Å². The van der Waals surface area contributed by atoms with Crippen LogP contribution in [-0.4, -0.2) is 113 Å². The van der Waals surface area contributed by atoms with Gasteiger partial charge in [0.2, 0.25) is 5.91 Å². The Balaban J connectivity index is 3.21. The summed E-state index contributed by atoms with van der Waals surface area (Å²) in [5.74, 6) is -2.79. The van der Waals surface area contributed by atoms with Crippen LogP contribution in [0.15, 0.2) is 0 Å². The van der Waals surface area contributed by atoms with Crippen LogP contribution < -0.4 is 5.32 Å². The SMILES string of the molecule is O=C(O)CCCCC(=O)OCCOCCOCCOCCOCCNC(=O)COCC(=O)O. The van der Waals surface area contributed by atoms with Crippen molar-refractivity contribution in [1.29, 1.82) is 0 Å². The Morgan fingerprint density at radius 1 is 0.576 bits per heavy atom. The summed E-state index contributed by atoms with van der Waals surface area (Å²) >= 11 is 0. The second kappa shape index (κ2) is 22.9. The lowest BCUT2D eigenvalue weighted by Crippen LogP contribution is -2.31. The number of carboxylic acids is 2. The molecular weight excluding hydrogens is 446 g/mol. The van der Waals surface area contributed by atoms with E-state index in [0.29, 0.717) is 59.1 Å². The summed E-state index contributed by atoms with van der Waals surface area (Å²) in [5.41, 5.74) is 0. The highest BCUT2D eigenvalue weighted by Gasteiger charge is 2.04. The monoisotopic (exact) mass is 481 g/mol. The number of carboxylic acid groups (broad SMARTS) is 2. The zero-order valence-corrected chi connectivity index (χ0v) is 18.8. The average molecular weight is 481 g/mol. The summed E-state index contributed by atoms with van der Waals surface area (Å²) in [5, 5.41) is 19.4. The normalized spacial score (nSPS) is 10.7. The van der Waals surface area contributed by atoms with Gasteiger partial charge < -0.3 is 44.0 Å². The van der Waals surface area contributed by atoms with Gasteiger partial charge in [0.1, 0.15) is 19.8 Å². The number of rotatable bonds is 24. The first-order valence-corrected chi connectivity index (χ1v) is 10.7. The summed E-state index contributed by atoms with van der Waals surface area (Å²) in [6.45, 7) is 2.38. The standard InChI is InChI=1S/C20H35NO12/c22-17(15-32-16-19(25)26)21-5-6-28-7-8-29-9-10-30-11-12-31-13-14-33-20(27)4-2-1-3-18(23)24/h1-16H2,(H,21,22)(H,23,24)(H,25,26). The first-order valence-electron chi connectivity index (χ1n) is 10.7. The molecule has 33 heavy (non-hydrogen) atoms. The van der Waals surface area contributed by atoms with Gasteiger partial charge in [0.05, 0.1) is 52.9 Å². The Hall–Kier alpha value is -2.32. The number of ether oxygens (including phenoxy) is 6. The summed E-state index contributed by atoms with van der Waals surface area (Å²) < 4.78 is 30.8. The fraction of sp³-hybridized carbons (Fsp3) is 0.800. The Labute approximate surface area is 192 Å². The quantitative estimate of drug-likeness (QED) is 0.119. The molecular formula is C20H35NO12. The summed E-state index contributed by atoms with van der Waals surface area (Å²) in [7, 11) is 0. The van der Waals surface area contributed by atoms with Gasteiger partial charge in [-0.25, -0.2) is 4.79 Å². The predicted molar refractivity (Wildman–Crippen MR) is 112 cm³/mol. The lowest BCUT2D eigenvalue weighted by molar-refractivity contribution is -0.146. The molecule has 1 amide bonds. The Kier molecular flexibility index (Phi) is 21.3. The maximum Gasteiger partial charge on any atom is 0.329 e. The van der Waals surface area contributed by atoms with E-state index in [-0.39, 0.29) is 45.2 Å². The van der Waals surface area contributed by atoms with Crippen molar-refractivity contribution in [1.82, 2.24) is 5.32 Å². The van der Waals surface area contributed by atoms with E-state index in [1.807, 2.05) is 0 Å². The van der Waals surface area contributed by atoms with Crippen LogP contribution in [0.5, 0.6) is 0 Å². The second-order valence-electron chi connectivity index (χ2n) is 6.51. The molecule has 0 aliphatic heterocycles. The van der Waals surface area contributed by atoms with E-state index < -0.39 is 24.5 Å². The molecule has 0 rings (SSSR count). The van der Waals surface area contributed by atoms with E-state index in [4.69, 9.17) is 33.9 Å². The number of aliphatic carboxylic acids is 2. The fourth-order valence-corrected chi connectivity index (χ4v) is 2.14. The molecule has 13 heteroatoms. The third-order valence-corrected chi connectivity index (χ3v) is 3.66. The van der Waals surface area contributed by atoms with Crippen LogP contribution in [0.2, 0.25) is 0 Å². The molecule has 0 aromatic carbocycles. The topological polar surface area (TPSA) is 176 Å². The van der Waals surface area contributed by atoms with Crippen molar-refractivity contribution in [3.05, 3.63) is 0 Å². The second-order valence-corrected chi connectivity index (χ2v) is 6.51. The van der Waals surface area contributed by atoms with Crippen LogP contribution in [-0.2, 0) is 47.6 Å². The van der Waals surface area contributed by atoms with Crippen LogP contribution in [0.1, 0.15) is 25.7 Å². The van der Waals surface area contributed by atoms with Crippen molar-refractivity contribution in [2.45, 2.75) is 25.7 Å². The van der Waals surface area contributed by atoms with Crippen LogP contribution in [0.3, 0.4) is 0 Å². The highest BCUT2D eigenvalue weighted by Crippen LogP contribution is 2.01. The Morgan fingerprint density at radius 2 is 1.09 bits per heavy atom. The zero-order valence-electron chi connectivity index (χ0n) is 18.8. The molecule has 3 N–H and O–H groups in total. The number of carbonyl (C=O) groups is 4. The van der Waals surface area contributed by atoms with E-state index in [2.05, 4.69) is 10.1 Å². The minimum Gasteiger partial charge on any atom is -0.481 e. The van der Waals surface area contributed by atoms with E-state index in [0.717, 1.165) is 0 Å². The van der Waals surface area contributed by atoms with Gasteiger partial charge in [-0.1, -0.05) is 0 Å². The highest BCUT2D eigenvalue weighted by molar-refractivity contribution is 5.77. The van der Waals surface area contributed by atoms with Crippen molar-refractivity contribution >= 4 is 23.8 Å². The van der Waals surface area contributed by atoms with E-state index in [9.17, 15) is 19.2 Å². The molecule has 0 fully saturated rings. The third kappa shape index (κ3) is 25.8. The lowest BCUT2D eigenvalue weighted by atomic mass is 10.2. The average Bonchev–Trinajstić information content (AvgIpc) is 2.76. The molecule has 0 spiro atoms. The molecule has 192 valence electrons. The summed E-state index contributed by atoms with van der Waals surface area (Å²) in [6.07, 6.45) is 1.18. The zero-order chi connectivity index (χ0) is 24.6. The van der Waals surface area contributed by atoms with Gasteiger partial charge in [-0.05, 0) is 12.8 Å². The molecule has 0 bridgehead atoms. The van der Waals surface area contributed by atoms with Crippen LogP contribution in [0.25, 0.3) is 0 Å². The molecule has 0 saturated carbocycles. The number of nitrogens with one attached hydrogen (secondary N) is 1. The van der Waals surface area contributed by atoms with Crippen molar-refractivity contribution in [3.63, 3.8) is 0 Å². The highest BCUT2D eigenvalue weighted by atomic mass is 16.6. The summed E-state index contributed by atoms with van der Waals surface area (Å²) in [4.78, 5) is 43.2. The van der Waals surface area contributed by atoms with Gasteiger partial charge in [-0.3, -0.25) is 14.4 Å². The molecule has 0 aliphatic carbocycles. The van der Waals surface area contributed by atoms with Gasteiger partial charge >= 0.3 is 17.9 Å². The summed E-state index contributed by atoms with van der Waals surface area (Å²) in [6, 6.07) is 0. The molecule has 0 aromatic rings. The number of amides is 1. The largest absolute Gasteiger partial charge is 0.481 e. The maximum absolute atomic E-state index is 11.4. The smallest absolute Gasteiger partial charge is 0.329 e. The number of esters is 1. The maximum atomic E-state index is 11.4. The first-order chi connectivity index (χ1) is 15.9. The van der Waals surface area contributed by atoms with Gasteiger partial charge in [-0.15, -0.1) is 0 Å². The number of hydrogen-bond donors (Lipinski definition) is 3. The minimum absolute atomic E-state index is 0.0481. The number of hydrogen-bond acceptors (Lipinski definition) is 10. The molecule has 0 atom stereocenters. The predicted octanol–water partition coefficient (Wildman–Crippen LogP) is -0.542. The van der Waals surface area contributed by atoms with Crippen LogP contribution in [0, 0.1) is 0 Å². The van der Waals surface area contributed by atoms with Crippen LogP contribution >= 0.6 is 0 Å². The fourth-order valence-electron chi connectivity index (χ4n) is 2.14.